The summed E-state index contributed by atoms with van der Waals surface area (Å²) in [6.07, 6.45) is 2.93. The molecule has 0 aromatic heterocycles. The van der Waals surface area contributed by atoms with Crippen LogP contribution in [-0.4, -0.2) is 11.1 Å². The van der Waals surface area contributed by atoms with Crippen molar-refractivity contribution in [3.63, 3.8) is 0 Å². The Hall–Kier alpha value is -0.900. The Morgan fingerprint density at radius 2 is 2.25 bits per heavy atom. The highest BCUT2D eigenvalue weighted by atomic mass is 35.5. The molecule has 1 heterocycles. The Kier molecular flexibility index (Phi) is 5.28. The summed E-state index contributed by atoms with van der Waals surface area (Å²) in [5.41, 5.74) is 0. The van der Waals surface area contributed by atoms with Crippen molar-refractivity contribution in [1.82, 2.24) is 0 Å². The molecule has 5 heteroatoms. The first-order valence-electron chi connectivity index (χ1n) is 3.60. The molecule has 4 nitrogen and oxygen atoms in total. The number of aliphatic imine (C=N–C) groups is 1. The van der Waals surface area contributed by atoms with Gasteiger partial charge in [-0.1, -0.05) is 25.4 Å². The zero-order valence-corrected chi connectivity index (χ0v) is 7.71. The molecule has 0 aliphatic carbocycles. The average molecular weight is 190 g/mol. The van der Waals surface area contributed by atoms with Crippen molar-refractivity contribution in [1.29, 1.82) is 0 Å². The summed E-state index contributed by atoms with van der Waals surface area (Å²) in [6.45, 7) is 4.00. The second kappa shape index (κ2) is 5.71. The van der Waals surface area contributed by atoms with Crippen LogP contribution < -0.4 is 0 Å². The van der Waals surface area contributed by atoms with Gasteiger partial charge in [-0.15, -0.1) is 0 Å². The first-order valence-corrected chi connectivity index (χ1v) is 3.98. The summed E-state index contributed by atoms with van der Waals surface area (Å²) in [5.74, 6) is 0. The second-order valence-electron chi connectivity index (χ2n) is 1.74. The predicted molar refractivity (Wildman–Crippen MR) is 48.6 cm³/mol. The maximum Gasteiger partial charge on any atom is 0.334 e. The van der Waals surface area contributed by atoms with Crippen LogP contribution in [0.2, 0.25) is 0 Å². The molecule has 0 saturated carbocycles. The van der Waals surface area contributed by atoms with Gasteiger partial charge in [-0.25, -0.2) is 4.99 Å². The van der Waals surface area contributed by atoms with Gasteiger partial charge < -0.3 is 0 Å². The Labute approximate surface area is 76.1 Å². The number of rotatable bonds is 1. The van der Waals surface area contributed by atoms with Crippen LogP contribution in [0.3, 0.4) is 0 Å². The molecule has 1 aliphatic rings. The van der Waals surface area contributed by atoms with Crippen LogP contribution in [0.5, 0.6) is 0 Å². The molecule has 12 heavy (non-hydrogen) atoms. The fourth-order valence-electron chi connectivity index (χ4n) is 0.552. The third-order valence-corrected chi connectivity index (χ3v) is 1.30. The van der Waals surface area contributed by atoms with E-state index in [0.29, 0.717) is 5.16 Å². The molecule has 67 valence electrons. The lowest BCUT2D eigenvalue weighted by molar-refractivity contribution is -0.451. The first-order chi connectivity index (χ1) is 5.70. The van der Waals surface area contributed by atoms with E-state index >= 15 is 0 Å². The normalized spacial score (nSPS) is 16.1. The number of hydrogen-bond acceptors (Lipinski definition) is 3. The highest BCUT2D eigenvalue weighted by Crippen LogP contribution is 2.16. The van der Waals surface area contributed by atoms with Gasteiger partial charge in [0.1, 0.15) is 5.16 Å². The number of nitro groups is 1. The molecular formula is C7H10ClN2O2. The van der Waals surface area contributed by atoms with Gasteiger partial charge in [-0.05, 0) is 6.08 Å². The smallest absolute Gasteiger partial charge is 0.263 e. The van der Waals surface area contributed by atoms with E-state index < -0.39 is 4.92 Å². The molecule has 1 radical (unpaired) electrons. The van der Waals surface area contributed by atoms with Crippen molar-refractivity contribution >= 4 is 17.8 Å². The molecule has 0 amide bonds. The van der Waals surface area contributed by atoms with Crippen molar-refractivity contribution in [3.8, 4) is 0 Å². The average Bonchev–Trinajstić information content (AvgIpc) is 2.09. The second-order valence-corrected chi connectivity index (χ2v) is 2.12. The van der Waals surface area contributed by atoms with Crippen molar-refractivity contribution < 1.29 is 4.92 Å². The summed E-state index contributed by atoms with van der Waals surface area (Å²) < 4.78 is 0. The molecule has 0 spiro atoms. The monoisotopic (exact) mass is 189 g/mol. The van der Waals surface area contributed by atoms with Crippen LogP contribution in [0.15, 0.2) is 16.2 Å². The van der Waals surface area contributed by atoms with E-state index in [1.165, 1.54) is 12.3 Å². The minimum Gasteiger partial charge on any atom is -0.263 e. The van der Waals surface area contributed by atoms with Gasteiger partial charge in [0.05, 0.1) is 12.6 Å². The van der Waals surface area contributed by atoms with Gasteiger partial charge in [0.15, 0.2) is 0 Å². The van der Waals surface area contributed by atoms with E-state index in [1.54, 1.807) is 0 Å². The predicted octanol–water partition coefficient (Wildman–Crippen LogP) is 2.38. The van der Waals surface area contributed by atoms with Gasteiger partial charge in [0.2, 0.25) is 0 Å². The third-order valence-electron chi connectivity index (χ3n) is 1.05. The number of nitrogens with zero attached hydrogens (tertiary/aromatic N) is 2. The third kappa shape index (κ3) is 3.48. The Bertz CT molecular complexity index is 213. The lowest BCUT2D eigenvalue weighted by Gasteiger charge is -2.01. The summed E-state index contributed by atoms with van der Waals surface area (Å²) >= 11 is 5.41. The zero-order valence-electron chi connectivity index (χ0n) is 6.95. The summed E-state index contributed by atoms with van der Waals surface area (Å²) in [7, 11) is 0. The Morgan fingerprint density at radius 3 is 2.58 bits per heavy atom. The molecule has 0 bridgehead atoms. The number of halogens is 1. The van der Waals surface area contributed by atoms with E-state index in [1.807, 2.05) is 13.8 Å². The molecule has 1 aliphatic heterocycles. The van der Waals surface area contributed by atoms with Gasteiger partial charge >= 0.3 is 6.04 Å². The minimum atomic E-state index is -0.469. The molecule has 0 aromatic rings. The van der Waals surface area contributed by atoms with E-state index in [0.717, 1.165) is 0 Å². The molecule has 0 unspecified atom stereocenters. The van der Waals surface area contributed by atoms with Crippen LogP contribution in [0.4, 0.5) is 0 Å². The lowest BCUT2D eigenvalue weighted by Crippen LogP contribution is -2.12. The fourth-order valence-corrected chi connectivity index (χ4v) is 0.678. The van der Waals surface area contributed by atoms with Crippen LogP contribution in [-0.2, 0) is 0 Å². The standard InChI is InChI=1S/C5H4ClN2O2.C2H6/c6-5-2-1-4(3-7-5)8(9)10;1-2/h2-3H,1H2;1-2H3. The minimum absolute atomic E-state index is 0.0735. The first kappa shape index (κ1) is 11.1. The highest BCUT2D eigenvalue weighted by molar-refractivity contribution is 6.30. The van der Waals surface area contributed by atoms with Crippen LogP contribution >= 0.6 is 11.6 Å². The molecule has 0 aromatic carbocycles. The van der Waals surface area contributed by atoms with Crippen LogP contribution in [0.1, 0.15) is 20.3 Å². The molecule has 0 fully saturated rings. The van der Waals surface area contributed by atoms with E-state index in [-0.39, 0.29) is 12.5 Å². The summed E-state index contributed by atoms with van der Waals surface area (Å²) in [5, 5.41) is 10.4. The van der Waals surface area contributed by atoms with Crippen molar-refractivity contribution in [2.75, 3.05) is 0 Å². The summed E-state index contributed by atoms with van der Waals surface area (Å²) in [4.78, 5) is 13.2. The quantitative estimate of drug-likeness (QED) is 0.361. The molecule has 0 N–H and O–H groups in total. The lowest BCUT2D eigenvalue weighted by atomic mass is 10.2. The maximum absolute atomic E-state index is 10.1. The zero-order chi connectivity index (χ0) is 9.56. The van der Waals surface area contributed by atoms with E-state index in [4.69, 9.17) is 11.6 Å². The Morgan fingerprint density at radius 1 is 1.67 bits per heavy atom. The molecular weight excluding hydrogens is 180 g/mol. The SMILES string of the molecule is CC.O=[N+]([O-])[C]1C=NC(Cl)=CC1. The van der Waals surface area contributed by atoms with Gasteiger partial charge in [-0.3, -0.25) is 10.1 Å². The van der Waals surface area contributed by atoms with Crippen molar-refractivity contribution in [2.45, 2.75) is 20.3 Å². The number of hydrogen-bond donors (Lipinski definition) is 0. The Balaban J connectivity index is 0.000000561. The largest absolute Gasteiger partial charge is 0.334 e. The van der Waals surface area contributed by atoms with Gasteiger partial charge in [0.25, 0.3) is 0 Å². The topological polar surface area (TPSA) is 55.5 Å². The van der Waals surface area contributed by atoms with Crippen LogP contribution in [0.25, 0.3) is 0 Å². The van der Waals surface area contributed by atoms with Gasteiger partial charge in [-0.2, -0.15) is 0 Å². The fraction of sp³-hybridized carbons (Fsp3) is 0.429. The maximum atomic E-state index is 10.1. The molecule has 0 atom stereocenters. The van der Waals surface area contributed by atoms with Crippen LogP contribution in [0, 0.1) is 16.2 Å². The van der Waals surface area contributed by atoms with Crippen molar-refractivity contribution in [2.24, 2.45) is 4.99 Å². The van der Waals surface area contributed by atoms with E-state index in [2.05, 4.69) is 4.99 Å². The highest BCUT2D eigenvalue weighted by Gasteiger charge is 2.21. The van der Waals surface area contributed by atoms with Gasteiger partial charge in [0, 0.05) is 4.92 Å². The van der Waals surface area contributed by atoms with E-state index in [9.17, 15) is 10.1 Å². The van der Waals surface area contributed by atoms with Crippen molar-refractivity contribution in [3.05, 3.63) is 27.4 Å². The molecule has 1 rings (SSSR count). The molecule has 0 saturated heterocycles. The summed E-state index contributed by atoms with van der Waals surface area (Å²) in [6, 6.07) is 0.0735.